The molecule has 1 aliphatic rings. The number of benzene rings is 2. The van der Waals surface area contributed by atoms with Crippen molar-refractivity contribution in [3.63, 3.8) is 0 Å². The maximum absolute atomic E-state index is 13.3. The van der Waals surface area contributed by atoms with Crippen LogP contribution in [-0.4, -0.2) is 47.0 Å². The molecule has 0 spiro atoms. The van der Waals surface area contributed by atoms with Crippen LogP contribution in [0, 0.1) is 13.8 Å². The Balaban J connectivity index is 1.53. The second-order valence-electron chi connectivity index (χ2n) is 9.22. The van der Waals surface area contributed by atoms with E-state index in [0.29, 0.717) is 44.0 Å². The highest BCUT2D eigenvalue weighted by molar-refractivity contribution is 5.84. The Bertz CT molecular complexity index is 1210. The normalized spacial score (nSPS) is 15.2. The van der Waals surface area contributed by atoms with E-state index in [0.717, 1.165) is 35.1 Å². The molecular weight excluding hydrogens is 465 g/mol. The summed E-state index contributed by atoms with van der Waals surface area (Å²) in [5.41, 5.74) is 2.49. The maximum Gasteiger partial charge on any atom is 0.416 e. The first-order chi connectivity index (χ1) is 17.2. The van der Waals surface area contributed by atoms with Gasteiger partial charge in [-0.05, 0) is 37.5 Å². The Morgan fingerprint density at radius 3 is 2.31 bits per heavy atom. The molecule has 1 aliphatic heterocycles. The Morgan fingerprint density at radius 2 is 1.67 bits per heavy atom. The number of halogens is 3. The van der Waals surface area contributed by atoms with Gasteiger partial charge in [-0.25, -0.2) is 9.97 Å². The van der Waals surface area contributed by atoms with Crippen LogP contribution in [0.15, 0.2) is 54.6 Å². The maximum atomic E-state index is 13.3. The summed E-state index contributed by atoms with van der Waals surface area (Å²) in [6.45, 7) is 8.03. The number of aryl methyl sites for hydroxylation is 2. The van der Waals surface area contributed by atoms with E-state index < -0.39 is 11.7 Å². The van der Waals surface area contributed by atoms with Crippen LogP contribution in [0.2, 0.25) is 0 Å². The minimum Gasteiger partial charge on any atom is -0.353 e. The van der Waals surface area contributed by atoms with Crippen LogP contribution in [0.25, 0.3) is 0 Å². The van der Waals surface area contributed by atoms with E-state index in [-0.39, 0.29) is 11.8 Å². The lowest BCUT2D eigenvalue weighted by Gasteiger charge is -2.38. The van der Waals surface area contributed by atoms with Crippen molar-refractivity contribution in [1.29, 1.82) is 0 Å². The summed E-state index contributed by atoms with van der Waals surface area (Å²) in [6.07, 6.45) is -3.36. The number of alkyl halides is 3. The molecule has 4 rings (SSSR count). The molecule has 8 heteroatoms. The van der Waals surface area contributed by atoms with Crippen molar-refractivity contribution in [1.82, 2.24) is 14.9 Å². The molecule has 2 aromatic carbocycles. The molecule has 1 saturated heterocycles. The molecule has 36 heavy (non-hydrogen) atoms. The number of anilines is 1. The molecule has 1 amide bonds. The van der Waals surface area contributed by atoms with Crippen molar-refractivity contribution in [3.05, 3.63) is 88.4 Å². The first-order valence-corrected chi connectivity index (χ1v) is 12.3. The third-order valence-electron chi connectivity index (χ3n) is 6.74. The number of nitrogens with zero attached hydrogens (tertiary/aromatic N) is 4. The smallest absolute Gasteiger partial charge is 0.353 e. The van der Waals surface area contributed by atoms with Gasteiger partial charge >= 0.3 is 6.18 Å². The van der Waals surface area contributed by atoms with E-state index in [2.05, 4.69) is 14.9 Å². The fraction of sp³-hybridized carbons (Fsp3) is 0.393. The van der Waals surface area contributed by atoms with E-state index in [1.54, 1.807) is 6.07 Å². The Hall–Kier alpha value is -3.42. The summed E-state index contributed by atoms with van der Waals surface area (Å²) in [5.74, 6) is 1.31. The van der Waals surface area contributed by atoms with Gasteiger partial charge in [0.05, 0.1) is 11.5 Å². The van der Waals surface area contributed by atoms with Gasteiger partial charge in [-0.2, -0.15) is 13.2 Å². The van der Waals surface area contributed by atoms with E-state index in [1.165, 1.54) is 12.1 Å². The summed E-state index contributed by atoms with van der Waals surface area (Å²) in [6, 6.07) is 15.2. The van der Waals surface area contributed by atoms with Crippen molar-refractivity contribution < 1.29 is 18.0 Å². The zero-order valence-electron chi connectivity index (χ0n) is 20.8. The molecule has 3 aromatic rings. The van der Waals surface area contributed by atoms with E-state index in [4.69, 9.17) is 0 Å². The van der Waals surface area contributed by atoms with E-state index >= 15 is 0 Å². The number of aromatic nitrogens is 2. The number of rotatable bonds is 6. The lowest BCUT2D eigenvalue weighted by atomic mass is 9.94. The fourth-order valence-electron chi connectivity index (χ4n) is 4.85. The monoisotopic (exact) mass is 496 g/mol. The number of amides is 1. The highest BCUT2D eigenvalue weighted by Crippen LogP contribution is 2.31. The fourth-order valence-corrected chi connectivity index (χ4v) is 4.85. The Labute approximate surface area is 210 Å². The first-order valence-electron chi connectivity index (χ1n) is 12.3. The molecule has 5 nitrogen and oxygen atoms in total. The van der Waals surface area contributed by atoms with E-state index in [1.807, 2.05) is 56.0 Å². The van der Waals surface area contributed by atoms with Gasteiger partial charge in [0, 0.05) is 43.9 Å². The minimum absolute atomic E-state index is 0.127. The van der Waals surface area contributed by atoms with Crippen LogP contribution in [0.1, 0.15) is 53.0 Å². The van der Waals surface area contributed by atoms with Crippen molar-refractivity contribution in [2.45, 2.75) is 45.7 Å². The largest absolute Gasteiger partial charge is 0.416 e. The summed E-state index contributed by atoms with van der Waals surface area (Å²) >= 11 is 0. The molecule has 0 bridgehead atoms. The van der Waals surface area contributed by atoms with Crippen LogP contribution in [0.5, 0.6) is 0 Å². The average Bonchev–Trinajstić information content (AvgIpc) is 2.86. The van der Waals surface area contributed by atoms with Gasteiger partial charge in [0.15, 0.2) is 0 Å². The van der Waals surface area contributed by atoms with Gasteiger partial charge in [0.25, 0.3) is 0 Å². The summed E-state index contributed by atoms with van der Waals surface area (Å²) in [7, 11) is 0. The predicted molar refractivity (Wildman–Crippen MR) is 134 cm³/mol. The highest BCUT2D eigenvalue weighted by atomic mass is 19.4. The molecule has 1 fully saturated rings. The molecular formula is C28H31F3N4O. The zero-order valence-corrected chi connectivity index (χ0v) is 20.8. The zero-order chi connectivity index (χ0) is 25.9. The Morgan fingerprint density at radius 1 is 0.972 bits per heavy atom. The molecule has 0 N–H and O–H groups in total. The molecule has 2 heterocycles. The van der Waals surface area contributed by atoms with Crippen molar-refractivity contribution >= 4 is 11.7 Å². The molecule has 1 unspecified atom stereocenters. The van der Waals surface area contributed by atoms with E-state index in [9.17, 15) is 18.0 Å². The van der Waals surface area contributed by atoms with Crippen molar-refractivity contribution in [3.8, 4) is 0 Å². The van der Waals surface area contributed by atoms with Gasteiger partial charge in [-0.15, -0.1) is 0 Å². The van der Waals surface area contributed by atoms with Gasteiger partial charge in [0.2, 0.25) is 5.91 Å². The van der Waals surface area contributed by atoms with Gasteiger partial charge < -0.3 is 9.80 Å². The summed E-state index contributed by atoms with van der Waals surface area (Å²) in [4.78, 5) is 26.5. The van der Waals surface area contributed by atoms with Crippen LogP contribution in [0.3, 0.4) is 0 Å². The van der Waals surface area contributed by atoms with Crippen molar-refractivity contribution in [2.24, 2.45) is 0 Å². The standard InChI is InChI=1S/C28H31F3N4O/c1-4-24(22-10-6-5-7-11-22)27(36)35-15-13-34(14-16-35)26-25(19(2)32-20(3)33-26)18-21-9-8-12-23(17-21)28(29,30)31/h5-12,17,24H,4,13-16,18H2,1-3H3. The Kier molecular flexibility index (Phi) is 7.62. The minimum atomic E-state index is -4.39. The molecule has 0 saturated carbocycles. The number of carbonyl (C=O) groups excluding carboxylic acids is 1. The second kappa shape index (κ2) is 10.7. The summed E-state index contributed by atoms with van der Waals surface area (Å²) in [5, 5.41) is 0. The average molecular weight is 497 g/mol. The van der Waals surface area contributed by atoms with Gasteiger partial charge in [-0.3, -0.25) is 4.79 Å². The molecule has 0 radical (unpaired) electrons. The van der Waals surface area contributed by atoms with Crippen molar-refractivity contribution in [2.75, 3.05) is 31.1 Å². The third kappa shape index (κ3) is 5.69. The quantitative estimate of drug-likeness (QED) is 0.449. The third-order valence-corrected chi connectivity index (χ3v) is 6.74. The number of hydrogen-bond acceptors (Lipinski definition) is 4. The SMILES string of the molecule is CCC(C(=O)N1CCN(c2nc(C)nc(C)c2Cc2cccc(C(F)(F)F)c2)CC1)c1ccccc1. The lowest BCUT2D eigenvalue weighted by Crippen LogP contribution is -2.50. The molecule has 1 aromatic heterocycles. The second-order valence-corrected chi connectivity index (χ2v) is 9.22. The predicted octanol–water partition coefficient (Wildman–Crippen LogP) is 5.55. The van der Waals surface area contributed by atoms with Crippen LogP contribution >= 0.6 is 0 Å². The molecule has 1 atom stereocenters. The topological polar surface area (TPSA) is 49.3 Å². The lowest BCUT2D eigenvalue weighted by molar-refractivity contribution is -0.137. The molecule has 0 aliphatic carbocycles. The highest BCUT2D eigenvalue weighted by Gasteiger charge is 2.31. The van der Waals surface area contributed by atoms with Crippen LogP contribution in [0.4, 0.5) is 19.0 Å². The van der Waals surface area contributed by atoms with Gasteiger partial charge in [0.1, 0.15) is 11.6 Å². The number of carbonyl (C=O) groups is 1. The number of hydrogen-bond donors (Lipinski definition) is 0. The summed E-state index contributed by atoms with van der Waals surface area (Å²) < 4.78 is 39.7. The first kappa shape index (κ1) is 25.7. The van der Waals surface area contributed by atoms with Gasteiger partial charge in [-0.1, -0.05) is 55.5 Å². The number of piperazine rings is 1. The molecule has 190 valence electrons. The van der Waals surface area contributed by atoms with Crippen LogP contribution in [-0.2, 0) is 17.4 Å². The van der Waals surface area contributed by atoms with Crippen LogP contribution < -0.4 is 4.90 Å².